The number of rotatable bonds is 8. The summed E-state index contributed by atoms with van der Waals surface area (Å²) in [5.41, 5.74) is 4.03. The van der Waals surface area contributed by atoms with Gasteiger partial charge in [0.25, 0.3) is 5.91 Å². The Morgan fingerprint density at radius 1 is 1.07 bits per heavy atom. The molecule has 1 aliphatic rings. The van der Waals surface area contributed by atoms with E-state index in [9.17, 15) is 18.0 Å². The maximum absolute atomic E-state index is 12.6. The summed E-state index contributed by atoms with van der Waals surface area (Å²) in [5.74, 6) is 0.529. The van der Waals surface area contributed by atoms with Crippen molar-refractivity contribution in [2.75, 3.05) is 17.2 Å². The van der Waals surface area contributed by atoms with E-state index in [-0.39, 0.29) is 29.7 Å². The van der Waals surface area contributed by atoms with Crippen molar-refractivity contribution < 1.29 is 27.4 Å². The molecule has 10 heteroatoms. The highest BCUT2D eigenvalue weighted by atomic mass is 19.4. The van der Waals surface area contributed by atoms with Crippen molar-refractivity contribution >= 4 is 34.3 Å². The number of amides is 1. The number of para-hydroxylation sites is 1. The minimum atomic E-state index is -4.75. The molecule has 1 heterocycles. The van der Waals surface area contributed by atoms with Crippen LogP contribution in [0.4, 0.5) is 30.5 Å². The molecule has 4 aromatic rings. The molecule has 1 saturated carbocycles. The van der Waals surface area contributed by atoms with Gasteiger partial charge >= 0.3 is 6.36 Å². The van der Waals surface area contributed by atoms with Gasteiger partial charge in [-0.2, -0.15) is 0 Å². The molecule has 3 aromatic carbocycles. The van der Waals surface area contributed by atoms with Crippen LogP contribution < -0.4 is 20.1 Å². The molecular weight excluding hydrogens is 533 g/mol. The van der Waals surface area contributed by atoms with Gasteiger partial charge in [-0.1, -0.05) is 38.5 Å². The molecule has 1 aliphatic carbocycles. The Balaban J connectivity index is 1.38. The molecule has 41 heavy (non-hydrogen) atoms. The van der Waals surface area contributed by atoms with Gasteiger partial charge in [0.05, 0.1) is 11.0 Å². The first-order valence-corrected chi connectivity index (χ1v) is 13.6. The Hall–Kier alpha value is -4.21. The number of halogens is 3. The summed E-state index contributed by atoms with van der Waals surface area (Å²) in [7, 11) is 0. The lowest BCUT2D eigenvalue weighted by atomic mass is 9.75. The zero-order valence-electron chi connectivity index (χ0n) is 23.2. The number of anilines is 3. The molecule has 0 aliphatic heterocycles. The molecule has 1 fully saturated rings. The molecular formula is C31H33F3N4O3. The summed E-state index contributed by atoms with van der Waals surface area (Å²) >= 11 is 0. The predicted octanol–water partition coefficient (Wildman–Crippen LogP) is 8.15. The number of benzene rings is 3. The zero-order chi connectivity index (χ0) is 29.2. The number of carbonyl (C=O) groups excluding carboxylic acids is 1. The lowest BCUT2D eigenvalue weighted by Gasteiger charge is -2.36. The van der Waals surface area contributed by atoms with Crippen LogP contribution in [0, 0.1) is 12.3 Å². The van der Waals surface area contributed by atoms with Gasteiger partial charge in [-0.15, -0.1) is 13.2 Å². The van der Waals surface area contributed by atoms with Crippen LogP contribution >= 0.6 is 0 Å². The van der Waals surface area contributed by atoms with Gasteiger partial charge in [-0.05, 0) is 79.6 Å². The van der Waals surface area contributed by atoms with E-state index in [2.05, 4.69) is 33.8 Å². The van der Waals surface area contributed by atoms with Crippen molar-refractivity contribution in [3.05, 3.63) is 72.3 Å². The van der Waals surface area contributed by atoms with Gasteiger partial charge in [-0.25, -0.2) is 4.98 Å². The molecule has 5 rings (SSSR count). The van der Waals surface area contributed by atoms with E-state index < -0.39 is 6.36 Å². The second-order valence-electron chi connectivity index (χ2n) is 11.2. The molecule has 0 radical (unpaired) electrons. The minimum Gasteiger partial charge on any atom is -0.484 e. The number of hydrogen-bond acceptors (Lipinski definition) is 5. The van der Waals surface area contributed by atoms with Gasteiger partial charge < -0.3 is 24.7 Å². The van der Waals surface area contributed by atoms with E-state index in [1.165, 1.54) is 24.3 Å². The Kier molecular flexibility index (Phi) is 7.84. The van der Waals surface area contributed by atoms with E-state index in [1.807, 2.05) is 43.3 Å². The highest BCUT2D eigenvalue weighted by Gasteiger charge is 2.32. The third-order valence-electron chi connectivity index (χ3n) is 7.34. The van der Waals surface area contributed by atoms with Crippen LogP contribution in [0.1, 0.15) is 51.1 Å². The highest BCUT2D eigenvalue weighted by molar-refractivity contribution is 5.92. The zero-order valence-corrected chi connectivity index (χ0v) is 23.2. The highest BCUT2D eigenvalue weighted by Crippen LogP contribution is 2.44. The van der Waals surface area contributed by atoms with Crippen LogP contribution in [-0.4, -0.2) is 28.4 Å². The summed E-state index contributed by atoms with van der Waals surface area (Å²) in [6.07, 6.45) is -0.584. The number of nitrogens with one attached hydrogen (secondary N) is 2. The average Bonchev–Trinajstić information content (AvgIpc) is 3.25. The molecule has 1 atom stereocenters. The number of nitrogens with zero attached hydrogens (tertiary/aromatic N) is 2. The lowest BCUT2D eigenvalue weighted by Crippen LogP contribution is -2.25. The Morgan fingerprint density at radius 3 is 2.51 bits per heavy atom. The first-order valence-electron chi connectivity index (χ1n) is 13.6. The van der Waals surface area contributed by atoms with E-state index in [0.29, 0.717) is 22.9 Å². The first kappa shape index (κ1) is 28.3. The van der Waals surface area contributed by atoms with Crippen molar-refractivity contribution in [3.63, 3.8) is 0 Å². The van der Waals surface area contributed by atoms with Crippen molar-refractivity contribution in [1.82, 2.24) is 9.55 Å². The predicted molar refractivity (Wildman–Crippen MR) is 153 cm³/mol. The normalized spacial score (nSPS) is 16.8. The fraction of sp³-hybridized carbons (Fsp3) is 0.355. The van der Waals surface area contributed by atoms with Gasteiger partial charge in [0.15, 0.2) is 6.61 Å². The second-order valence-corrected chi connectivity index (χ2v) is 11.2. The van der Waals surface area contributed by atoms with Gasteiger partial charge in [0.2, 0.25) is 5.95 Å². The van der Waals surface area contributed by atoms with Crippen LogP contribution in [0.25, 0.3) is 11.0 Å². The molecule has 1 aromatic heterocycles. The van der Waals surface area contributed by atoms with Crippen LogP contribution in [0.2, 0.25) is 0 Å². The topological polar surface area (TPSA) is 77.4 Å². The summed E-state index contributed by atoms with van der Waals surface area (Å²) in [4.78, 5) is 17.3. The smallest absolute Gasteiger partial charge is 0.484 e. The third kappa shape index (κ3) is 7.11. The number of aryl methyl sites for hydroxylation is 1. The summed E-state index contributed by atoms with van der Waals surface area (Å²) < 4.78 is 49.7. The van der Waals surface area contributed by atoms with E-state index in [1.54, 1.807) is 6.07 Å². The van der Waals surface area contributed by atoms with E-state index >= 15 is 0 Å². The number of carbonyl (C=O) groups is 1. The van der Waals surface area contributed by atoms with Crippen molar-refractivity contribution in [2.24, 2.45) is 5.41 Å². The third-order valence-corrected chi connectivity index (χ3v) is 7.34. The maximum atomic E-state index is 12.6. The fourth-order valence-corrected chi connectivity index (χ4v) is 5.42. The molecule has 1 unspecified atom stereocenters. The number of alkyl halides is 3. The molecule has 2 N–H and O–H groups in total. The maximum Gasteiger partial charge on any atom is 0.573 e. The fourth-order valence-electron chi connectivity index (χ4n) is 5.42. The van der Waals surface area contributed by atoms with E-state index in [0.717, 1.165) is 42.5 Å². The number of hydrogen-bond donors (Lipinski definition) is 2. The van der Waals surface area contributed by atoms with E-state index in [4.69, 9.17) is 9.72 Å². The summed E-state index contributed by atoms with van der Waals surface area (Å²) in [5, 5.41) is 6.15. The molecule has 0 bridgehead atoms. The largest absolute Gasteiger partial charge is 0.573 e. The molecule has 7 nitrogen and oxygen atoms in total. The van der Waals surface area contributed by atoms with Crippen LogP contribution in [-0.2, 0) is 4.79 Å². The Labute approximate surface area is 236 Å². The standard InChI is InChI=1S/C31H33F3N4O3/c1-20-7-4-5-9-25(20)36-28(39)19-40-24-14-15-27-26(17-24)37-29(38(27)22-8-6-16-30(2,3)18-22)35-21-10-12-23(13-11-21)41-31(32,33)34/h4-5,7,9-15,17,22H,6,8,16,18-19H2,1-3H3,(H,35,37)(H,36,39). The van der Waals surface area contributed by atoms with Crippen molar-refractivity contribution in [2.45, 2.75) is 58.9 Å². The summed E-state index contributed by atoms with van der Waals surface area (Å²) in [6, 6.07) is 18.8. The molecule has 216 valence electrons. The van der Waals surface area contributed by atoms with Crippen LogP contribution in [0.15, 0.2) is 66.7 Å². The SMILES string of the molecule is Cc1ccccc1NC(=O)COc1ccc2c(c1)nc(Nc1ccc(OC(F)(F)F)cc1)n2C1CCCC(C)(C)C1. The van der Waals surface area contributed by atoms with Gasteiger partial charge in [0.1, 0.15) is 11.5 Å². The molecule has 0 spiro atoms. The number of ether oxygens (including phenoxy) is 2. The van der Waals surface area contributed by atoms with Gasteiger partial charge in [-0.3, -0.25) is 4.79 Å². The van der Waals surface area contributed by atoms with Crippen molar-refractivity contribution in [3.8, 4) is 11.5 Å². The Morgan fingerprint density at radius 2 is 1.80 bits per heavy atom. The van der Waals surface area contributed by atoms with Crippen LogP contribution in [0.5, 0.6) is 11.5 Å². The Bertz CT molecular complexity index is 1530. The monoisotopic (exact) mass is 566 g/mol. The summed E-state index contributed by atoms with van der Waals surface area (Å²) in [6.45, 7) is 6.29. The number of imidazole rings is 1. The van der Waals surface area contributed by atoms with Crippen molar-refractivity contribution in [1.29, 1.82) is 0 Å². The number of aromatic nitrogens is 2. The number of fused-ring (bicyclic) bond motifs is 1. The molecule has 0 saturated heterocycles. The minimum absolute atomic E-state index is 0.158. The first-order chi connectivity index (χ1) is 19.5. The van der Waals surface area contributed by atoms with Crippen LogP contribution in [0.3, 0.4) is 0 Å². The second kappa shape index (κ2) is 11.3. The lowest BCUT2D eigenvalue weighted by molar-refractivity contribution is -0.274. The molecule has 1 amide bonds. The van der Waals surface area contributed by atoms with Gasteiger partial charge in [0, 0.05) is 23.5 Å². The average molecular weight is 567 g/mol. The quantitative estimate of drug-likeness (QED) is 0.225.